The average Bonchev–Trinajstić information content (AvgIpc) is 2.86. The van der Waals surface area contributed by atoms with Gasteiger partial charge in [-0.3, -0.25) is 4.79 Å². The van der Waals surface area contributed by atoms with Gasteiger partial charge in [-0.15, -0.1) is 0 Å². The molecule has 0 saturated heterocycles. The number of carbonyl (C=O) groups is 1. The van der Waals surface area contributed by atoms with E-state index in [0.29, 0.717) is 17.1 Å². The number of hydrogen-bond acceptors (Lipinski definition) is 5. The molecule has 20 heavy (non-hydrogen) atoms. The smallest absolute Gasteiger partial charge is 0.251 e. The summed E-state index contributed by atoms with van der Waals surface area (Å²) in [4.78, 5) is 15.7. The fourth-order valence-electron chi connectivity index (χ4n) is 1.85. The molecule has 106 valence electrons. The van der Waals surface area contributed by atoms with E-state index in [1.807, 2.05) is 13.8 Å². The molecule has 0 spiro atoms. The second-order valence-corrected chi connectivity index (χ2v) is 4.56. The topological polar surface area (TPSA) is 93.2 Å². The van der Waals surface area contributed by atoms with Crippen LogP contribution in [0.3, 0.4) is 0 Å². The molecule has 1 heterocycles. The van der Waals surface area contributed by atoms with Gasteiger partial charge in [0.05, 0.1) is 17.6 Å². The Hall–Kier alpha value is -2.50. The maximum absolute atomic E-state index is 11.5. The van der Waals surface area contributed by atoms with Crippen molar-refractivity contribution in [1.29, 1.82) is 0 Å². The molecule has 2 aromatic rings. The molecular formula is C14H18N4O2. The Morgan fingerprint density at radius 3 is 2.75 bits per heavy atom. The summed E-state index contributed by atoms with van der Waals surface area (Å²) in [6, 6.07) is 5.00. The van der Waals surface area contributed by atoms with Crippen LogP contribution in [0.25, 0.3) is 0 Å². The highest BCUT2D eigenvalue weighted by Gasteiger charge is 2.13. The number of nitrogen functional groups attached to an aromatic ring is 1. The molecule has 0 aliphatic heterocycles. The summed E-state index contributed by atoms with van der Waals surface area (Å²) in [5.41, 5.74) is 7.71. The van der Waals surface area contributed by atoms with Gasteiger partial charge in [0.1, 0.15) is 11.8 Å². The zero-order valence-corrected chi connectivity index (χ0v) is 11.7. The highest BCUT2D eigenvalue weighted by molar-refractivity contribution is 5.95. The van der Waals surface area contributed by atoms with Crippen LogP contribution in [0.4, 0.5) is 11.4 Å². The number of anilines is 2. The lowest BCUT2D eigenvalue weighted by molar-refractivity contribution is 0.0963. The van der Waals surface area contributed by atoms with E-state index >= 15 is 0 Å². The zero-order valence-electron chi connectivity index (χ0n) is 11.7. The molecule has 0 saturated carbocycles. The fraction of sp³-hybridized carbons (Fsp3) is 0.286. The van der Waals surface area contributed by atoms with Crippen molar-refractivity contribution in [2.75, 3.05) is 18.1 Å². The first-order valence-corrected chi connectivity index (χ1v) is 6.31. The Morgan fingerprint density at radius 1 is 1.45 bits per heavy atom. The van der Waals surface area contributed by atoms with E-state index in [2.05, 4.69) is 15.6 Å². The fourth-order valence-corrected chi connectivity index (χ4v) is 1.85. The predicted molar refractivity (Wildman–Crippen MR) is 77.5 cm³/mol. The van der Waals surface area contributed by atoms with Crippen molar-refractivity contribution in [3.05, 3.63) is 41.6 Å². The molecule has 6 heteroatoms. The zero-order chi connectivity index (χ0) is 14.7. The maximum Gasteiger partial charge on any atom is 0.251 e. The van der Waals surface area contributed by atoms with Gasteiger partial charge < -0.3 is 20.8 Å². The van der Waals surface area contributed by atoms with Crippen LogP contribution in [0.5, 0.6) is 0 Å². The molecule has 0 aliphatic carbocycles. The third kappa shape index (κ3) is 2.90. The first kappa shape index (κ1) is 13.9. The Kier molecular flexibility index (Phi) is 3.93. The van der Waals surface area contributed by atoms with Crippen LogP contribution in [0.2, 0.25) is 0 Å². The Bertz CT molecular complexity index is 621. The number of aromatic nitrogens is 1. The molecule has 0 radical (unpaired) electrons. The Morgan fingerprint density at radius 2 is 2.20 bits per heavy atom. The number of amides is 1. The summed E-state index contributed by atoms with van der Waals surface area (Å²) in [7, 11) is 1.58. The van der Waals surface area contributed by atoms with Gasteiger partial charge in [0.25, 0.3) is 5.91 Å². The van der Waals surface area contributed by atoms with Gasteiger partial charge in [-0.25, -0.2) is 4.98 Å². The van der Waals surface area contributed by atoms with E-state index < -0.39 is 0 Å². The molecule has 1 amide bonds. The maximum atomic E-state index is 11.5. The van der Waals surface area contributed by atoms with E-state index in [9.17, 15) is 4.79 Å². The monoisotopic (exact) mass is 274 g/mol. The molecule has 1 unspecified atom stereocenters. The summed E-state index contributed by atoms with van der Waals surface area (Å²) in [5.74, 6) is 1.19. The molecule has 4 N–H and O–H groups in total. The highest BCUT2D eigenvalue weighted by Crippen LogP contribution is 2.25. The van der Waals surface area contributed by atoms with E-state index in [1.54, 1.807) is 31.4 Å². The number of carbonyl (C=O) groups excluding carboxylic acids is 1. The first-order valence-electron chi connectivity index (χ1n) is 6.31. The SMILES string of the molecule is CNC(=O)c1ccc(NC(C)c2ncc(C)o2)c(N)c1. The molecule has 0 fully saturated rings. The van der Waals surface area contributed by atoms with Crippen LogP contribution < -0.4 is 16.4 Å². The highest BCUT2D eigenvalue weighted by atomic mass is 16.4. The summed E-state index contributed by atoms with van der Waals surface area (Å²) in [6.07, 6.45) is 1.67. The molecule has 0 bridgehead atoms. The molecule has 2 rings (SSSR count). The third-order valence-electron chi connectivity index (χ3n) is 2.92. The number of hydrogen-bond donors (Lipinski definition) is 3. The summed E-state index contributed by atoms with van der Waals surface area (Å²) >= 11 is 0. The number of nitrogens with zero attached hydrogens (tertiary/aromatic N) is 1. The minimum absolute atomic E-state index is 0.114. The van der Waals surface area contributed by atoms with Crippen LogP contribution in [0.15, 0.2) is 28.8 Å². The number of aryl methyl sites for hydroxylation is 1. The van der Waals surface area contributed by atoms with Gasteiger partial charge in [-0.1, -0.05) is 0 Å². The Labute approximate surface area is 117 Å². The van der Waals surface area contributed by atoms with Crippen LogP contribution >= 0.6 is 0 Å². The Balaban J connectivity index is 2.15. The second-order valence-electron chi connectivity index (χ2n) is 4.56. The molecular weight excluding hydrogens is 256 g/mol. The average molecular weight is 274 g/mol. The largest absolute Gasteiger partial charge is 0.444 e. The summed E-state index contributed by atoms with van der Waals surface area (Å²) in [5, 5.41) is 5.77. The molecule has 0 aliphatic rings. The summed E-state index contributed by atoms with van der Waals surface area (Å²) < 4.78 is 5.46. The van der Waals surface area contributed by atoms with Gasteiger partial charge in [-0.2, -0.15) is 0 Å². The van der Waals surface area contributed by atoms with E-state index in [0.717, 1.165) is 11.4 Å². The van der Waals surface area contributed by atoms with Crippen molar-refractivity contribution >= 4 is 17.3 Å². The minimum atomic E-state index is -0.167. The van der Waals surface area contributed by atoms with Crippen LogP contribution in [-0.2, 0) is 0 Å². The van der Waals surface area contributed by atoms with Gasteiger partial charge in [0.15, 0.2) is 0 Å². The summed E-state index contributed by atoms with van der Waals surface area (Å²) in [6.45, 7) is 3.77. The quantitative estimate of drug-likeness (QED) is 0.742. The molecule has 1 atom stereocenters. The normalized spacial score (nSPS) is 11.9. The predicted octanol–water partition coefficient (Wildman–Crippen LogP) is 2.10. The number of oxazole rings is 1. The molecule has 1 aromatic carbocycles. The minimum Gasteiger partial charge on any atom is -0.444 e. The van der Waals surface area contributed by atoms with E-state index in [1.165, 1.54) is 0 Å². The van der Waals surface area contributed by atoms with Crippen molar-refractivity contribution in [3.63, 3.8) is 0 Å². The van der Waals surface area contributed by atoms with Crippen molar-refractivity contribution < 1.29 is 9.21 Å². The lowest BCUT2D eigenvalue weighted by Crippen LogP contribution is -2.18. The van der Waals surface area contributed by atoms with Gasteiger partial charge >= 0.3 is 0 Å². The van der Waals surface area contributed by atoms with E-state index in [4.69, 9.17) is 10.2 Å². The van der Waals surface area contributed by atoms with Crippen LogP contribution in [0, 0.1) is 6.92 Å². The molecule has 6 nitrogen and oxygen atoms in total. The van der Waals surface area contributed by atoms with Crippen LogP contribution in [0.1, 0.15) is 35.0 Å². The molecule has 1 aromatic heterocycles. The standard InChI is InChI=1S/C14H18N4O2/c1-8-7-17-14(20-8)9(2)18-12-5-4-10(6-11(12)15)13(19)16-3/h4-7,9,18H,15H2,1-3H3,(H,16,19). The third-order valence-corrected chi connectivity index (χ3v) is 2.92. The number of nitrogens with one attached hydrogen (secondary N) is 2. The lowest BCUT2D eigenvalue weighted by Gasteiger charge is -2.14. The van der Waals surface area contributed by atoms with Crippen LogP contribution in [-0.4, -0.2) is 17.9 Å². The lowest BCUT2D eigenvalue weighted by atomic mass is 10.1. The number of nitrogens with two attached hydrogens (primary N) is 1. The number of rotatable bonds is 4. The second kappa shape index (κ2) is 5.64. The first-order chi connectivity index (χ1) is 9.51. The van der Waals surface area contributed by atoms with Crippen molar-refractivity contribution in [3.8, 4) is 0 Å². The van der Waals surface area contributed by atoms with Gasteiger partial charge in [0, 0.05) is 12.6 Å². The van der Waals surface area contributed by atoms with Gasteiger partial charge in [-0.05, 0) is 32.0 Å². The number of benzene rings is 1. The van der Waals surface area contributed by atoms with Crippen molar-refractivity contribution in [2.45, 2.75) is 19.9 Å². The van der Waals surface area contributed by atoms with Crippen molar-refractivity contribution in [2.24, 2.45) is 0 Å². The van der Waals surface area contributed by atoms with E-state index in [-0.39, 0.29) is 11.9 Å². The van der Waals surface area contributed by atoms with Gasteiger partial charge in [0.2, 0.25) is 5.89 Å². The van der Waals surface area contributed by atoms with Crippen molar-refractivity contribution in [1.82, 2.24) is 10.3 Å².